The number of aromatic hydroxyl groups is 1. The quantitative estimate of drug-likeness (QED) is 0.239. The van der Waals surface area contributed by atoms with Crippen molar-refractivity contribution in [2.24, 2.45) is 5.10 Å². The highest BCUT2D eigenvalue weighted by Crippen LogP contribution is 2.26. The molecule has 0 bridgehead atoms. The second-order valence-corrected chi connectivity index (χ2v) is 6.63. The Morgan fingerprint density at radius 2 is 1.81 bits per heavy atom. The molecule has 0 saturated heterocycles. The fourth-order valence-corrected chi connectivity index (χ4v) is 2.72. The zero-order valence-corrected chi connectivity index (χ0v) is 16.4. The molecule has 4 rings (SSSR count). The summed E-state index contributed by atoms with van der Waals surface area (Å²) in [6.45, 7) is 4.00. The van der Waals surface area contributed by atoms with E-state index in [0.29, 0.717) is 5.82 Å². The van der Waals surface area contributed by atoms with Crippen molar-refractivity contribution in [3.05, 3.63) is 63.2 Å². The molecule has 0 radical (unpaired) electrons. The van der Waals surface area contributed by atoms with Gasteiger partial charge in [0.05, 0.1) is 22.8 Å². The first-order chi connectivity index (χ1) is 14.9. The molecule has 4 aromatic rings. The van der Waals surface area contributed by atoms with Gasteiger partial charge in [0.15, 0.2) is 11.6 Å². The molecule has 0 fully saturated rings. The van der Waals surface area contributed by atoms with Crippen LogP contribution in [0.3, 0.4) is 0 Å². The predicted octanol–water partition coefficient (Wildman–Crippen LogP) is 3.43. The van der Waals surface area contributed by atoms with Gasteiger partial charge >= 0.3 is 0 Å². The van der Waals surface area contributed by atoms with E-state index in [1.165, 1.54) is 18.3 Å². The Hall–Kier alpha value is -4.61. The highest BCUT2D eigenvalue weighted by molar-refractivity contribution is 5.86. The Morgan fingerprint density at radius 1 is 1.06 bits per heavy atom. The van der Waals surface area contributed by atoms with Crippen LogP contribution in [0.25, 0.3) is 11.3 Å². The second kappa shape index (κ2) is 8.02. The first kappa shape index (κ1) is 19.7. The minimum atomic E-state index is -0.610. The van der Waals surface area contributed by atoms with Crippen molar-refractivity contribution in [2.45, 2.75) is 13.8 Å². The number of nitro groups is 1. The first-order valence-electron chi connectivity index (χ1n) is 9.02. The zero-order valence-electron chi connectivity index (χ0n) is 16.4. The lowest BCUT2D eigenvalue weighted by Gasteiger charge is -2.10. The molecule has 0 amide bonds. The van der Waals surface area contributed by atoms with E-state index in [1.807, 2.05) is 32.0 Å². The molecule has 2 aromatic carbocycles. The van der Waals surface area contributed by atoms with Gasteiger partial charge in [0.25, 0.3) is 5.69 Å². The molecule has 156 valence electrons. The predicted molar refractivity (Wildman–Crippen MR) is 113 cm³/mol. The van der Waals surface area contributed by atoms with Crippen LogP contribution in [0.15, 0.2) is 46.1 Å². The topological polar surface area (TPSA) is 164 Å². The number of aryl methyl sites for hydroxylation is 2. The van der Waals surface area contributed by atoms with Gasteiger partial charge in [0.1, 0.15) is 5.75 Å². The Bertz CT molecular complexity index is 1320. The molecule has 0 unspecified atom stereocenters. The summed E-state index contributed by atoms with van der Waals surface area (Å²) >= 11 is 0. The van der Waals surface area contributed by atoms with E-state index >= 15 is 0 Å². The molecule has 12 heteroatoms. The lowest BCUT2D eigenvalue weighted by Crippen LogP contribution is -2.04. The summed E-state index contributed by atoms with van der Waals surface area (Å²) in [5.41, 5.74) is 5.99. The standard InChI is InChI=1S/C19H16N8O4/c1-10-3-5-13(7-11(10)2)21-16-17(23-19-18(22-16)25-31-26-19)24-20-9-12-4-6-14(28)8-15(12)27(29)30/h3-9,28H,1-2H3,(H,21,22,25)(H,23,24,26). The number of nitrogens with one attached hydrogen (secondary N) is 2. The van der Waals surface area contributed by atoms with Gasteiger partial charge in [0.2, 0.25) is 11.3 Å². The summed E-state index contributed by atoms with van der Waals surface area (Å²) in [6.07, 6.45) is 1.24. The third-order valence-electron chi connectivity index (χ3n) is 4.47. The number of fused-ring (bicyclic) bond motifs is 1. The van der Waals surface area contributed by atoms with Crippen molar-refractivity contribution in [3.8, 4) is 5.75 Å². The maximum atomic E-state index is 11.2. The monoisotopic (exact) mass is 420 g/mol. The van der Waals surface area contributed by atoms with Gasteiger partial charge in [-0.3, -0.25) is 15.5 Å². The maximum absolute atomic E-state index is 11.2. The van der Waals surface area contributed by atoms with Crippen LogP contribution in [0.1, 0.15) is 16.7 Å². The Kier molecular flexibility index (Phi) is 5.10. The zero-order chi connectivity index (χ0) is 22.0. The smallest absolute Gasteiger partial charge is 0.281 e. The van der Waals surface area contributed by atoms with Gasteiger partial charge in [-0.2, -0.15) is 10.1 Å². The number of hydrazone groups is 1. The number of phenols is 1. The van der Waals surface area contributed by atoms with Crippen LogP contribution in [0.4, 0.5) is 23.0 Å². The molecule has 0 atom stereocenters. The lowest BCUT2D eigenvalue weighted by molar-refractivity contribution is -0.385. The fourth-order valence-electron chi connectivity index (χ4n) is 2.72. The summed E-state index contributed by atoms with van der Waals surface area (Å²) in [4.78, 5) is 19.2. The minimum Gasteiger partial charge on any atom is -0.508 e. The summed E-state index contributed by atoms with van der Waals surface area (Å²) < 4.78 is 4.67. The highest BCUT2D eigenvalue weighted by atomic mass is 16.6. The Labute approximate surface area is 174 Å². The molecule has 0 aliphatic heterocycles. The van der Waals surface area contributed by atoms with Crippen molar-refractivity contribution < 1.29 is 14.7 Å². The molecule has 12 nitrogen and oxygen atoms in total. The molecule has 3 N–H and O–H groups in total. The number of nitro benzene ring substituents is 1. The van der Waals surface area contributed by atoms with Gasteiger partial charge in [0, 0.05) is 5.69 Å². The summed E-state index contributed by atoms with van der Waals surface area (Å²) in [7, 11) is 0. The van der Waals surface area contributed by atoms with E-state index in [1.54, 1.807) is 0 Å². The average Bonchev–Trinajstić information content (AvgIpc) is 3.19. The van der Waals surface area contributed by atoms with E-state index < -0.39 is 4.92 Å². The van der Waals surface area contributed by atoms with Crippen molar-refractivity contribution >= 4 is 40.5 Å². The van der Waals surface area contributed by atoms with Crippen LogP contribution in [0, 0.1) is 24.0 Å². The van der Waals surface area contributed by atoms with Crippen molar-refractivity contribution in [2.75, 3.05) is 10.7 Å². The molecule has 0 spiro atoms. The normalized spacial score (nSPS) is 11.2. The van der Waals surface area contributed by atoms with Gasteiger partial charge in [-0.1, -0.05) is 6.07 Å². The summed E-state index contributed by atoms with van der Waals surface area (Å²) in [6, 6.07) is 9.56. The number of phenolic OH excluding ortho intramolecular Hbond substituents is 1. The third-order valence-corrected chi connectivity index (χ3v) is 4.47. The van der Waals surface area contributed by atoms with Gasteiger partial charge in [-0.05, 0) is 59.6 Å². The Balaban J connectivity index is 1.65. The highest BCUT2D eigenvalue weighted by Gasteiger charge is 2.15. The largest absolute Gasteiger partial charge is 0.508 e. The van der Waals surface area contributed by atoms with Crippen molar-refractivity contribution in [1.29, 1.82) is 0 Å². The number of rotatable bonds is 6. The van der Waals surface area contributed by atoms with Crippen LogP contribution in [-0.4, -0.2) is 36.5 Å². The van der Waals surface area contributed by atoms with Crippen LogP contribution >= 0.6 is 0 Å². The molecule has 0 aliphatic carbocycles. The van der Waals surface area contributed by atoms with Crippen LogP contribution < -0.4 is 10.7 Å². The average molecular weight is 420 g/mol. The number of hydrogen-bond donors (Lipinski definition) is 3. The molecular formula is C19H16N8O4. The molecule has 0 saturated carbocycles. The van der Waals surface area contributed by atoms with Gasteiger partial charge in [-0.15, -0.1) is 0 Å². The van der Waals surface area contributed by atoms with Crippen molar-refractivity contribution in [1.82, 2.24) is 20.3 Å². The van der Waals surface area contributed by atoms with Gasteiger partial charge < -0.3 is 10.4 Å². The molecule has 2 aromatic heterocycles. The number of anilines is 3. The van der Waals surface area contributed by atoms with E-state index in [4.69, 9.17) is 0 Å². The molecule has 0 aliphatic rings. The fraction of sp³-hybridized carbons (Fsp3) is 0.105. The van der Waals surface area contributed by atoms with Crippen LogP contribution in [0.2, 0.25) is 0 Å². The molecule has 31 heavy (non-hydrogen) atoms. The number of benzene rings is 2. The van der Waals surface area contributed by atoms with E-state index in [9.17, 15) is 15.2 Å². The van der Waals surface area contributed by atoms with Crippen LogP contribution in [-0.2, 0) is 0 Å². The number of hydrogen-bond acceptors (Lipinski definition) is 11. The van der Waals surface area contributed by atoms with Gasteiger partial charge in [-0.25, -0.2) is 9.61 Å². The first-order valence-corrected chi connectivity index (χ1v) is 9.02. The van der Waals surface area contributed by atoms with E-state index in [2.05, 4.69) is 40.8 Å². The van der Waals surface area contributed by atoms with Crippen LogP contribution in [0.5, 0.6) is 5.75 Å². The Morgan fingerprint density at radius 3 is 2.52 bits per heavy atom. The summed E-state index contributed by atoms with van der Waals surface area (Å²) in [5, 5.41) is 35.2. The van der Waals surface area contributed by atoms with Crippen molar-refractivity contribution in [3.63, 3.8) is 0 Å². The molecular weight excluding hydrogens is 404 g/mol. The molecule has 2 heterocycles. The summed E-state index contributed by atoms with van der Waals surface area (Å²) in [5.74, 6) is 0.300. The maximum Gasteiger partial charge on any atom is 0.281 e. The third kappa shape index (κ3) is 4.22. The second-order valence-electron chi connectivity index (χ2n) is 6.63. The van der Waals surface area contributed by atoms with E-state index in [0.717, 1.165) is 22.9 Å². The van der Waals surface area contributed by atoms with E-state index in [-0.39, 0.29) is 34.1 Å². The number of nitrogens with zero attached hydrogens (tertiary/aromatic N) is 6. The SMILES string of the molecule is Cc1ccc(Nc2nc3nonc3nc2NN=Cc2ccc(O)cc2[N+](=O)[O-])cc1C. The lowest BCUT2D eigenvalue weighted by atomic mass is 10.1. The number of aromatic nitrogens is 4. The minimum absolute atomic E-state index is 0.166.